The van der Waals surface area contributed by atoms with Crippen LogP contribution in [-0.2, 0) is 4.79 Å². The number of allylic oxidation sites excluding steroid dienone is 2. The van der Waals surface area contributed by atoms with E-state index >= 15 is 0 Å². The van der Waals surface area contributed by atoms with Crippen molar-refractivity contribution in [2.75, 3.05) is 0 Å². The van der Waals surface area contributed by atoms with E-state index < -0.39 is 28.8 Å². The Labute approximate surface area is 134 Å². The molecule has 1 aromatic carbocycles. The Balaban J connectivity index is 2.03. The number of aliphatic hydroxyl groups excluding tert-OH is 1. The molecule has 0 radical (unpaired) electrons. The van der Waals surface area contributed by atoms with E-state index in [2.05, 4.69) is 0 Å². The van der Waals surface area contributed by atoms with E-state index in [9.17, 15) is 25.2 Å². The number of ketones is 1. The molecule has 4 N–H and O–H groups in total. The van der Waals surface area contributed by atoms with Crippen LogP contribution in [0.2, 0.25) is 0 Å². The highest BCUT2D eigenvalue weighted by Gasteiger charge is 2.43. The normalized spacial score (nSPS) is 29.3. The molecule has 2 aliphatic rings. The van der Waals surface area contributed by atoms with Crippen LogP contribution in [0.15, 0.2) is 29.4 Å². The van der Waals surface area contributed by atoms with E-state index in [0.717, 1.165) is 18.4 Å². The summed E-state index contributed by atoms with van der Waals surface area (Å²) < 4.78 is 0. The van der Waals surface area contributed by atoms with Gasteiger partial charge in [-0.2, -0.15) is 0 Å². The first kappa shape index (κ1) is 15.6. The SMILES string of the molecule is C[C@]12CC(=Cc3ccc(O)c(O)c3O)C(=O)C=C1CCC[C@@H]2O. The molecule has 122 valence electrons. The predicted molar refractivity (Wildman–Crippen MR) is 85.1 cm³/mol. The minimum absolute atomic E-state index is 0.140. The summed E-state index contributed by atoms with van der Waals surface area (Å²) in [6, 6.07) is 2.69. The van der Waals surface area contributed by atoms with Crippen LogP contribution in [0.3, 0.4) is 0 Å². The maximum atomic E-state index is 12.3. The summed E-state index contributed by atoms with van der Waals surface area (Å²) in [7, 11) is 0. The standard InChI is InChI=1S/C18H20O5/c1-18-9-11(7-10-5-6-13(19)17(23)16(10)22)14(20)8-12(18)3-2-4-15(18)21/h5-8,15,19,21-23H,2-4,9H2,1H3/t15-,18-/m0/s1. The van der Waals surface area contributed by atoms with Gasteiger partial charge in [0.25, 0.3) is 0 Å². The molecule has 0 bridgehead atoms. The monoisotopic (exact) mass is 316 g/mol. The molecule has 0 spiro atoms. The number of aromatic hydroxyl groups is 3. The minimum Gasteiger partial charge on any atom is -0.504 e. The Morgan fingerprint density at radius 1 is 1.22 bits per heavy atom. The summed E-state index contributed by atoms with van der Waals surface area (Å²) in [4.78, 5) is 12.3. The number of aliphatic hydroxyl groups is 1. The lowest BCUT2D eigenvalue weighted by molar-refractivity contribution is -0.112. The second kappa shape index (κ2) is 5.42. The Hall–Kier alpha value is -2.27. The number of benzene rings is 1. The highest BCUT2D eigenvalue weighted by Crippen LogP contribution is 2.48. The Kier molecular flexibility index (Phi) is 3.68. The van der Waals surface area contributed by atoms with Crippen LogP contribution in [-0.4, -0.2) is 32.3 Å². The van der Waals surface area contributed by atoms with Gasteiger partial charge in [-0.15, -0.1) is 0 Å². The number of phenolic OH excluding ortho intramolecular Hbond substituents is 3. The third kappa shape index (κ3) is 2.51. The summed E-state index contributed by atoms with van der Waals surface area (Å²) in [5.74, 6) is -1.63. The van der Waals surface area contributed by atoms with Gasteiger partial charge in [-0.1, -0.05) is 12.5 Å². The van der Waals surface area contributed by atoms with Gasteiger partial charge in [0.2, 0.25) is 5.75 Å². The average Bonchev–Trinajstić information content (AvgIpc) is 2.51. The van der Waals surface area contributed by atoms with Crippen LogP contribution >= 0.6 is 0 Å². The van der Waals surface area contributed by atoms with Gasteiger partial charge >= 0.3 is 0 Å². The molecule has 2 aliphatic carbocycles. The summed E-state index contributed by atoms with van der Waals surface area (Å²) >= 11 is 0. The molecule has 5 nitrogen and oxygen atoms in total. The van der Waals surface area contributed by atoms with Gasteiger partial charge < -0.3 is 20.4 Å². The topological polar surface area (TPSA) is 98.0 Å². The fourth-order valence-corrected chi connectivity index (χ4v) is 3.52. The second-order valence-electron chi connectivity index (χ2n) is 6.58. The van der Waals surface area contributed by atoms with Gasteiger partial charge in [-0.05, 0) is 50.0 Å². The first-order valence-electron chi connectivity index (χ1n) is 7.71. The average molecular weight is 316 g/mol. The lowest BCUT2D eigenvalue weighted by atomic mass is 9.63. The van der Waals surface area contributed by atoms with Crippen molar-refractivity contribution in [3.8, 4) is 17.2 Å². The molecule has 0 saturated heterocycles. The zero-order valence-electron chi connectivity index (χ0n) is 12.9. The molecular formula is C18H20O5. The highest BCUT2D eigenvalue weighted by atomic mass is 16.3. The fourth-order valence-electron chi connectivity index (χ4n) is 3.52. The summed E-state index contributed by atoms with van der Waals surface area (Å²) in [5.41, 5.74) is 1.25. The molecular weight excluding hydrogens is 296 g/mol. The van der Waals surface area contributed by atoms with E-state index in [4.69, 9.17) is 0 Å². The van der Waals surface area contributed by atoms with E-state index in [0.29, 0.717) is 18.4 Å². The van der Waals surface area contributed by atoms with E-state index in [1.54, 1.807) is 6.08 Å². The molecule has 0 aromatic heterocycles. The molecule has 0 unspecified atom stereocenters. The van der Waals surface area contributed by atoms with Crippen molar-refractivity contribution < 1.29 is 25.2 Å². The van der Waals surface area contributed by atoms with Gasteiger partial charge in [0, 0.05) is 16.6 Å². The Morgan fingerprint density at radius 2 is 1.96 bits per heavy atom. The highest BCUT2D eigenvalue weighted by molar-refractivity contribution is 6.09. The number of hydrogen-bond donors (Lipinski definition) is 4. The smallest absolute Gasteiger partial charge is 0.200 e. The van der Waals surface area contributed by atoms with Crippen molar-refractivity contribution in [1.82, 2.24) is 0 Å². The second-order valence-corrected chi connectivity index (χ2v) is 6.58. The lowest BCUT2D eigenvalue weighted by Gasteiger charge is -2.43. The van der Waals surface area contributed by atoms with E-state index in [-0.39, 0.29) is 11.3 Å². The quantitative estimate of drug-likeness (QED) is 0.472. The number of carbonyl (C=O) groups is 1. The van der Waals surface area contributed by atoms with Crippen molar-refractivity contribution in [2.45, 2.75) is 38.7 Å². The first-order valence-corrected chi connectivity index (χ1v) is 7.71. The van der Waals surface area contributed by atoms with Crippen LogP contribution in [0, 0.1) is 5.41 Å². The van der Waals surface area contributed by atoms with E-state index in [1.807, 2.05) is 6.92 Å². The third-order valence-electron chi connectivity index (χ3n) is 5.06. The molecule has 23 heavy (non-hydrogen) atoms. The third-order valence-corrected chi connectivity index (χ3v) is 5.06. The molecule has 0 aliphatic heterocycles. The molecule has 5 heteroatoms. The molecule has 0 amide bonds. The zero-order valence-corrected chi connectivity index (χ0v) is 12.9. The molecule has 1 fully saturated rings. The fraction of sp³-hybridized carbons (Fsp3) is 0.389. The van der Waals surface area contributed by atoms with Gasteiger partial charge in [0.05, 0.1) is 6.10 Å². The number of carbonyl (C=O) groups excluding carboxylic acids is 1. The minimum atomic E-state index is -0.609. The van der Waals surface area contributed by atoms with Crippen LogP contribution < -0.4 is 0 Å². The summed E-state index contributed by atoms with van der Waals surface area (Å²) in [5, 5.41) is 39.2. The number of hydrogen-bond acceptors (Lipinski definition) is 5. The zero-order chi connectivity index (χ0) is 16.8. The predicted octanol–water partition coefficient (Wildman–Crippen LogP) is 2.64. The maximum Gasteiger partial charge on any atom is 0.200 e. The van der Waals surface area contributed by atoms with Crippen LogP contribution in [0.4, 0.5) is 0 Å². The van der Waals surface area contributed by atoms with Gasteiger partial charge in [0.1, 0.15) is 0 Å². The van der Waals surface area contributed by atoms with Gasteiger partial charge in [-0.3, -0.25) is 4.79 Å². The first-order chi connectivity index (χ1) is 10.8. The maximum absolute atomic E-state index is 12.3. The van der Waals surface area contributed by atoms with Crippen LogP contribution in [0.5, 0.6) is 17.2 Å². The van der Waals surface area contributed by atoms with Gasteiger partial charge in [-0.25, -0.2) is 0 Å². The Morgan fingerprint density at radius 3 is 2.70 bits per heavy atom. The van der Waals surface area contributed by atoms with Crippen molar-refractivity contribution in [1.29, 1.82) is 0 Å². The van der Waals surface area contributed by atoms with Crippen molar-refractivity contribution in [3.05, 3.63) is 34.9 Å². The van der Waals surface area contributed by atoms with Gasteiger partial charge in [0.15, 0.2) is 17.3 Å². The lowest BCUT2D eigenvalue weighted by Crippen LogP contribution is -2.40. The number of rotatable bonds is 1. The van der Waals surface area contributed by atoms with E-state index in [1.165, 1.54) is 18.2 Å². The molecule has 1 aromatic rings. The largest absolute Gasteiger partial charge is 0.504 e. The molecule has 2 atom stereocenters. The summed E-state index contributed by atoms with van der Waals surface area (Å²) in [6.07, 6.45) is 5.40. The van der Waals surface area contributed by atoms with Crippen molar-refractivity contribution in [3.63, 3.8) is 0 Å². The number of fused-ring (bicyclic) bond motifs is 1. The number of phenols is 3. The molecule has 1 saturated carbocycles. The Bertz CT molecular complexity index is 731. The summed E-state index contributed by atoms with van der Waals surface area (Å²) in [6.45, 7) is 1.96. The molecule has 3 rings (SSSR count). The van der Waals surface area contributed by atoms with Crippen molar-refractivity contribution >= 4 is 11.9 Å². The van der Waals surface area contributed by atoms with Crippen molar-refractivity contribution in [2.24, 2.45) is 5.41 Å². The molecule has 0 heterocycles. The van der Waals surface area contributed by atoms with Crippen LogP contribution in [0.25, 0.3) is 6.08 Å². The van der Waals surface area contributed by atoms with Crippen LogP contribution in [0.1, 0.15) is 38.2 Å².